The fourth-order valence-electron chi connectivity index (χ4n) is 0.984. The van der Waals surface area contributed by atoms with Gasteiger partial charge in [0.15, 0.2) is 5.84 Å². The fraction of sp³-hybridized carbons (Fsp3) is 0.857. The molecule has 0 amide bonds. The first kappa shape index (κ1) is 8.49. The maximum Gasteiger partial charge on any atom is 0.226 e. The first-order valence-corrected chi connectivity index (χ1v) is 3.71. The molecule has 64 valence electrons. The van der Waals surface area contributed by atoms with E-state index in [4.69, 9.17) is 9.47 Å². The van der Waals surface area contributed by atoms with E-state index < -0.39 is 5.79 Å². The van der Waals surface area contributed by atoms with Crippen LogP contribution in [-0.4, -0.2) is 32.0 Å². The predicted molar refractivity (Wildman–Crippen MR) is 42.5 cm³/mol. The molecule has 4 heteroatoms. The summed E-state index contributed by atoms with van der Waals surface area (Å²) in [6, 6.07) is 0. The number of hydrogen-bond acceptors (Lipinski definition) is 3. The average Bonchev–Trinajstić information content (AvgIpc) is 2.35. The Labute approximate surface area is 66.6 Å². The number of nitrogens with zero attached hydrogens (tertiary/aromatic N) is 1. The van der Waals surface area contributed by atoms with Crippen LogP contribution in [0.25, 0.3) is 0 Å². The molecular weight excluding hydrogens is 144 g/mol. The normalized spacial score (nSPS) is 34.3. The second-order valence-corrected chi connectivity index (χ2v) is 2.44. The molecule has 0 aromatic carbocycles. The van der Waals surface area contributed by atoms with E-state index in [-0.39, 0.29) is 0 Å². The van der Waals surface area contributed by atoms with Crippen LogP contribution in [0.2, 0.25) is 0 Å². The Bertz CT molecular complexity index is 170. The Morgan fingerprint density at radius 3 is 3.09 bits per heavy atom. The highest BCUT2D eigenvalue weighted by Gasteiger charge is 2.36. The predicted octanol–water partition coefficient (Wildman–Crippen LogP) is 0.345. The number of nitrogens with one attached hydrogen (secondary N) is 1. The summed E-state index contributed by atoms with van der Waals surface area (Å²) in [6.07, 6.45) is 0. The van der Waals surface area contributed by atoms with Gasteiger partial charge < -0.3 is 14.8 Å². The van der Waals surface area contributed by atoms with Gasteiger partial charge in [0.2, 0.25) is 5.79 Å². The smallest absolute Gasteiger partial charge is 0.226 e. The van der Waals surface area contributed by atoms with E-state index in [0.29, 0.717) is 6.73 Å². The van der Waals surface area contributed by atoms with Crippen LogP contribution in [0.3, 0.4) is 0 Å². The number of rotatable bonds is 2. The van der Waals surface area contributed by atoms with Crippen LogP contribution < -0.4 is 5.32 Å². The minimum Gasteiger partial charge on any atom is -0.347 e. The Balaban J connectivity index is 2.72. The lowest BCUT2D eigenvalue weighted by Crippen LogP contribution is -2.38. The van der Waals surface area contributed by atoms with Gasteiger partial charge in [-0.25, -0.2) is 0 Å². The van der Waals surface area contributed by atoms with E-state index in [9.17, 15) is 0 Å². The molecule has 0 spiro atoms. The van der Waals surface area contributed by atoms with Crippen molar-refractivity contribution in [3.05, 3.63) is 0 Å². The maximum atomic E-state index is 5.29. The van der Waals surface area contributed by atoms with Crippen LogP contribution >= 0.6 is 0 Å². The zero-order chi connectivity index (χ0) is 8.32. The van der Waals surface area contributed by atoms with Crippen LogP contribution in [-0.2, 0) is 9.47 Å². The van der Waals surface area contributed by atoms with Gasteiger partial charge in [-0.1, -0.05) is 0 Å². The molecule has 0 aromatic rings. The minimum absolute atomic E-state index is 0.475. The van der Waals surface area contributed by atoms with E-state index in [1.54, 1.807) is 7.11 Å². The summed E-state index contributed by atoms with van der Waals surface area (Å²) in [5, 5.41) is 3.00. The molecule has 0 aliphatic carbocycles. The number of methoxy groups -OCH3 is 1. The van der Waals surface area contributed by atoms with E-state index in [2.05, 4.69) is 10.3 Å². The van der Waals surface area contributed by atoms with Gasteiger partial charge in [-0.05, 0) is 13.8 Å². The largest absolute Gasteiger partial charge is 0.347 e. The number of hydrogen-bond donors (Lipinski definition) is 1. The zero-order valence-electron chi connectivity index (χ0n) is 7.18. The molecule has 0 bridgehead atoms. The Hall–Kier alpha value is -0.610. The van der Waals surface area contributed by atoms with Crippen LogP contribution in [0.15, 0.2) is 4.99 Å². The van der Waals surface area contributed by atoms with Gasteiger partial charge in [-0.2, -0.15) is 0 Å². The van der Waals surface area contributed by atoms with E-state index >= 15 is 0 Å². The molecular formula is C7H14N2O2. The highest BCUT2D eigenvalue weighted by atomic mass is 16.7. The summed E-state index contributed by atoms with van der Waals surface area (Å²) in [5.74, 6) is 0.123. The summed E-state index contributed by atoms with van der Waals surface area (Å²) >= 11 is 0. The fourth-order valence-corrected chi connectivity index (χ4v) is 0.984. The van der Waals surface area contributed by atoms with Crippen molar-refractivity contribution >= 4 is 5.84 Å². The molecule has 1 N–H and O–H groups in total. The topological polar surface area (TPSA) is 42.9 Å². The molecule has 4 nitrogen and oxygen atoms in total. The molecule has 1 fully saturated rings. The van der Waals surface area contributed by atoms with E-state index in [1.807, 2.05) is 13.8 Å². The summed E-state index contributed by atoms with van der Waals surface area (Å²) < 4.78 is 10.4. The lowest BCUT2D eigenvalue weighted by molar-refractivity contribution is -0.141. The Kier molecular flexibility index (Phi) is 2.46. The van der Waals surface area contributed by atoms with E-state index in [0.717, 1.165) is 12.4 Å². The molecule has 1 aliphatic rings. The number of ether oxygens (including phenoxy) is 2. The summed E-state index contributed by atoms with van der Waals surface area (Å²) in [5.41, 5.74) is 0. The van der Waals surface area contributed by atoms with Crippen LogP contribution in [0.4, 0.5) is 0 Å². The molecule has 11 heavy (non-hydrogen) atoms. The molecule has 1 rings (SSSR count). The first-order chi connectivity index (χ1) is 5.23. The molecule has 1 atom stereocenters. The third-order valence-corrected chi connectivity index (χ3v) is 1.72. The Morgan fingerprint density at radius 2 is 2.55 bits per heavy atom. The number of amidine groups is 1. The molecule has 0 saturated carbocycles. The molecule has 1 aliphatic heterocycles. The van der Waals surface area contributed by atoms with E-state index in [1.165, 1.54) is 0 Å². The van der Waals surface area contributed by atoms with Gasteiger partial charge in [0.1, 0.15) is 6.73 Å². The second-order valence-electron chi connectivity index (χ2n) is 2.44. The standard InChI is InChI=1S/C7H14N2O2/c1-4-8-6-7(2,10-3)11-5-9-6/h4-5H2,1-3H3,(H,8,9). The van der Waals surface area contributed by atoms with Crippen molar-refractivity contribution in [1.29, 1.82) is 0 Å². The monoisotopic (exact) mass is 158 g/mol. The molecule has 1 heterocycles. The first-order valence-electron chi connectivity index (χ1n) is 3.71. The molecule has 0 aromatic heterocycles. The molecule has 1 unspecified atom stereocenters. The van der Waals surface area contributed by atoms with Crippen molar-refractivity contribution in [3.63, 3.8) is 0 Å². The van der Waals surface area contributed by atoms with Gasteiger partial charge in [-0.3, -0.25) is 4.99 Å². The third kappa shape index (κ3) is 1.52. The summed E-state index contributed by atoms with van der Waals surface area (Å²) in [7, 11) is 1.61. The van der Waals surface area contributed by atoms with Gasteiger partial charge >= 0.3 is 0 Å². The van der Waals surface area contributed by atoms with Crippen molar-refractivity contribution in [2.24, 2.45) is 4.99 Å². The quantitative estimate of drug-likeness (QED) is 0.630. The highest BCUT2D eigenvalue weighted by Crippen LogP contribution is 2.16. The van der Waals surface area contributed by atoms with Crippen molar-refractivity contribution in [1.82, 2.24) is 5.32 Å². The van der Waals surface area contributed by atoms with Gasteiger partial charge in [0, 0.05) is 13.7 Å². The van der Waals surface area contributed by atoms with Crippen molar-refractivity contribution < 1.29 is 9.47 Å². The van der Waals surface area contributed by atoms with Crippen molar-refractivity contribution in [3.8, 4) is 0 Å². The van der Waals surface area contributed by atoms with Crippen LogP contribution in [0.1, 0.15) is 13.8 Å². The molecule has 0 radical (unpaired) electrons. The van der Waals surface area contributed by atoms with Crippen LogP contribution in [0.5, 0.6) is 0 Å². The van der Waals surface area contributed by atoms with Gasteiger partial charge in [0.05, 0.1) is 0 Å². The minimum atomic E-state index is -0.657. The van der Waals surface area contributed by atoms with Gasteiger partial charge in [0.25, 0.3) is 0 Å². The van der Waals surface area contributed by atoms with Crippen molar-refractivity contribution in [2.45, 2.75) is 19.6 Å². The summed E-state index contributed by atoms with van der Waals surface area (Å²) in [4.78, 5) is 4.20. The van der Waals surface area contributed by atoms with Crippen molar-refractivity contribution in [2.75, 3.05) is 20.4 Å². The zero-order valence-corrected chi connectivity index (χ0v) is 7.18. The van der Waals surface area contributed by atoms with Crippen LogP contribution in [0, 0.1) is 0 Å². The second kappa shape index (κ2) is 3.19. The maximum absolute atomic E-state index is 5.29. The molecule has 1 saturated heterocycles. The lowest BCUT2D eigenvalue weighted by atomic mass is 10.3. The highest BCUT2D eigenvalue weighted by molar-refractivity contribution is 5.90. The summed E-state index contributed by atoms with van der Waals surface area (Å²) in [6.45, 7) is 5.04. The SMILES string of the molecule is CC/N=C1/NCOC1(C)OC. The average molecular weight is 158 g/mol. The third-order valence-electron chi connectivity index (χ3n) is 1.72. The Morgan fingerprint density at radius 1 is 1.82 bits per heavy atom. The number of aliphatic imine (C=N–C) groups is 1. The lowest BCUT2D eigenvalue weighted by Gasteiger charge is -2.19. The van der Waals surface area contributed by atoms with Gasteiger partial charge in [-0.15, -0.1) is 0 Å².